The second kappa shape index (κ2) is 5.97. The summed E-state index contributed by atoms with van der Waals surface area (Å²) in [5.74, 6) is 5.44. The van der Waals surface area contributed by atoms with Crippen LogP contribution < -0.4 is 11.2 Å². The van der Waals surface area contributed by atoms with Crippen LogP contribution in [0.2, 0.25) is 0 Å². The number of nitrogens with one attached hydrogen (secondary N) is 1. The van der Waals surface area contributed by atoms with Crippen molar-refractivity contribution in [3.05, 3.63) is 11.3 Å². The number of nitrogens with zero attached hydrogens (tertiary/aromatic N) is 1. The number of rotatable bonds is 4. The Morgan fingerprint density at radius 3 is 2.76 bits per heavy atom. The summed E-state index contributed by atoms with van der Waals surface area (Å²) in [7, 11) is 0. The fourth-order valence-electron chi connectivity index (χ4n) is 1.83. The van der Waals surface area contributed by atoms with Gasteiger partial charge in [-0.15, -0.1) is 0 Å². The number of hydrogen-bond acceptors (Lipinski definition) is 4. The van der Waals surface area contributed by atoms with Gasteiger partial charge in [0.25, 0.3) is 0 Å². The van der Waals surface area contributed by atoms with Crippen molar-refractivity contribution in [3.8, 4) is 0 Å². The maximum atomic E-state index is 11.9. The lowest BCUT2D eigenvalue weighted by atomic mass is 9.99. The second-order valence-electron chi connectivity index (χ2n) is 3.88. The van der Waals surface area contributed by atoms with E-state index in [1.807, 2.05) is 0 Å². The number of carbonyl (C=O) groups excluding carboxylic acids is 1. The molecule has 0 bridgehead atoms. The highest BCUT2D eigenvalue weighted by Gasteiger charge is 2.31. The van der Waals surface area contributed by atoms with Crippen LogP contribution in [-0.2, 0) is 9.53 Å². The van der Waals surface area contributed by atoms with Crippen molar-refractivity contribution >= 4 is 23.3 Å². The Kier molecular flexibility index (Phi) is 4.89. The minimum atomic E-state index is -0.325. The van der Waals surface area contributed by atoms with E-state index in [0.29, 0.717) is 23.0 Å². The molecule has 0 aromatic carbocycles. The molecule has 5 nitrogen and oxygen atoms in total. The molecule has 0 fully saturated rings. The number of hydrazine groups is 1. The van der Waals surface area contributed by atoms with Crippen LogP contribution >= 0.6 is 12.2 Å². The molecule has 0 unspecified atom stereocenters. The van der Waals surface area contributed by atoms with Crippen LogP contribution in [0.1, 0.15) is 33.6 Å². The van der Waals surface area contributed by atoms with Gasteiger partial charge in [0.1, 0.15) is 0 Å². The summed E-state index contributed by atoms with van der Waals surface area (Å²) in [5, 5.41) is 4.81. The first kappa shape index (κ1) is 13.9. The Hall–Kier alpha value is -1.14. The van der Waals surface area contributed by atoms with Crippen LogP contribution in [0.3, 0.4) is 0 Å². The molecule has 0 saturated heterocycles. The molecule has 0 saturated carbocycles. The van der Waals surface area contributed by atoms with Gasteiger partial charge < -0.3 is 10.1 Å². The zero-order valence-corrected chi connectivity index (χ0v) is 11.3. The minimum absolute atomic E-state index is 0.105. The highest BCUT2D eigenvalue weighted by molar-refractivity contribution is 7.80. The SMILES string of the molecule is CCC[C@H]1NC(=S)N(N)C(C)=C1C(=O)OCC. The van der Waals surface area contributed by atoms with Crippen LogP contribution in [0, 0.1) is 0 Å². The van der Waals surface area contributed by atoms with Gasteiger partial charge in [-0.1, -0.05) is 13.3 Å². The van der Waals surface area contributed by atoms with E-state index in [1.54, 1.807) is 13.8 Å². The summed E-state index contributed by atoms with van der Waals surface area (Å²) in [5.41, 5.74) is 1.23. The first-order chi connectivity index (χ1) is 8.02. The zero-order valence-electron chi connectivity index (χ0n) is 10.4. The molecule has 1 atom stereocenters. The summed E-state index contributed by atoms with van der Waals surface area (Å²) in [4.78, 5) is 11.9. The van der Waals surface area contributed by atoms with Crippen molar-refractivity contribution in [2.45, 2.75) is 39.7 Å². The lowest BCUT2D eigenvalue weighted by molar-refractivity contribution is -0.139. The van der Waals surface area contributed by atoms with Crippen molar-refractivity contribution in [1.82, 2.24) is 10.3 Å². The predicted molar refractivity (Wildman–Crippen MR) is 69.8 cm³/mol. The average Bonchev–Trinajstić information content (AvgIpc) is 2.27. The molecule has 0 radical (unpaired) electrons. The van der Waals surface area contributed by atoms with Gasteiger partial charge in [-0.05, 0) is 32.5 Å². The quantitative estimate of drug-likeness (QED) is 0.446. The van der Waals surface area contributed by atoms with Gasteiger partial charge >= 0.3 is 5.97 Å². The van der Waals surface area contributed by atoms with Gasteiger partial charge in [0.05, 0.1) is 18.2 Å². The van der Waals surface area contributed by atoms with Gasteiger partial charge in [-0.3, -0.25) is 5.01 Å². The number of thiocarbonyl (C=S) groups is 1. The molecule has 96 valence electrons. The van der Waals surface area contributed by atoms with Gasteiger partial charge in [0.15, 0.2) is 5.11 Å². The molecule has 6 heteroatoms. The topological polar surface area (TPSA) is 67.6 Å². The lowest BCUT2D eigenvalue weighted by Crippen LogP contribution is -2.54. The largest absolute Gasteiger partial charge is 0.463 e. The van der Waals surface area contributed by atoms with Gasteiger partial charge in [0, 0.05) is 5.70 Å². The number of hydrogen-bond donors (Lipinski definition) is 2. The van der Waals surface area contributed by atoms with Crippen LogP contribution in [0.4, 0.5) is 0 Å². The fraction of sp³-hybridized carbons (Fsp3) is 0.636. The summed E-state index contributed by atoms with van der Waals surface area (Å²) in [6.45, 7) is 5.97. The molecule has 0 aromatic heterocycles. The van der Waals surface area contributed by atoms with E-state index in [1.165, 1.54) is 5.01 Å². The molecule has 0 amide bonds. The van der Waals surface area contributed by atoms with Crippen LogP contribution in [0.5, 0.6) is 0 Å². The number of allylic oxidation sites excluding steroid dienone is 1. The third-order valence-corrected chi connectivity index (χ3v) is 3.00. The molecule has 0 aliphatic carbocycles. The highest BCUT2D eigenvalue weighted by Crippen LogP contribution is 2.21. The van der Waals surface area contributed by atoms with Crippen molar-refractivity contribution in [2.24, 2.45) is 5.84 Å². The first-order valence-electron chi connectivity index (χ1n) is 5.76. The Labute approximate surface area is 107 Å². The van der Waals surface area contributed by atoms with E-state index in [-0.39, 0.29) is 12.0 Å². The van der Waals surface area contributed by atoms with E-state index >= 15 is 0 Å². The fourth-order valence-corrected chi connectivity index (χ4v) is 2.11. The predicted octanol–water partition coefficient (Wildman–Crippen LogP) is 1.06. The number of carbonyl (C=O) groups is 1. The van der Waals surface area contributed by atoms with E-state index in [0.717, 1.165) is 12.8 Å². The molecule has 1 aliphatic rings. The second-order valence-corrected chi connectivity index (χ2v) is 4.27. The Balaban J connectivity index is 3.05. The van der Waals surface area contributed by atoms with Gasteiger partial charge in [0.2, 0.25) is 0 Å². The van der Waals surface area contributed by atoms with Crippen LogP contribution in [-0.4, -0.2) is 28.7 Å². The maximum Gasteiger partial charge on any atom is 0.337 e. The normalized spacial score (nSPS) is 20.4. The molecule has 1 rings (SSSR count). The number of ether oxygens (including phenoxy) is 1. The number of nitrogens with two attached hydrogens (primary N) is 1. The molecular weight excluding hydrogens is 238 g/mol. The number of esters is 1. The third-order valence-electron chi connectivity index (χ3n) is 2.69. The zero-order chi connectivity index (χ0) is 13.0. The molecule has 0 aromatic rings. The average molecular weight is 257 g/mol. The summed E-state index contributed by atoms with van der Waals surface area (Å²) in [6.07, 6.45) is 1.76. The highest BCUT2D eigenvalue weighted by atomic mass is 32.1. The monoisotopic (exact) mass is 257 g/mol. The smallest absolute Gasteiger partial charge is 0.337 e. The molecule has 0 spiro atoms. The van der Waals surface area contributed by atoms with E-state index < -0.39 is 0 Å². The first-order valence-corrected chi connectivity index (χ1v) is 6.16. The van der Waals surface area contributed by atoms with Crippen molar-refractivity contribution in [3.63, 3.8) is 0 Å². The summed E-state index contributed by atoms with van der Waals surface area (Å²) in [6, 6.07) is -0.105. The Morgan fingerprint density at radius 1 is 1.59 bits per heavy atom. The molecule has 3 N–H and O–H groups in total. The minimum Gasteiger partial charge on any atom is -0.463 e. The molecular formula is C11H19N3O2S. The lowest BCUT2D eigenvalue weighted by Gasteiger charge is -2.34. The molecule has 1 heterocycles. The van der Waals surface area contributed by atoms with Crippen molar-refractivity contribution < 1.29 is 9.53 Å². The Morgan fingerprint density at radius 2 is 2.24 bits per heavy atom. The standard InChI is InChI=1S/C11H19N3O2S/c1-4-6-8-9(10(15)16-5-2)7(3)14(12)11(17)13-8/h8H,4-6,12H2,1-3H3,(H,13,17)/t8-/m1/s1. The van der Waals surface area contributed by atoms with Gasteiger partial charge in [-0.2, -0.15) is 0 Å². The van der Waals surface area contributed by atoms with Crippen LogP contribution in [0.25, 0.3) is 0 Å². The summed E-state index contributed by atoms with van der Waals surface area (Å²) < 4.78 is 5.05. The Bertz CT molecular complexity index is 355. The van der Waals surface area contributed by atoms with E-state index in [2.05, 4.69) is 12.2 Å². The third kappa shape index (κ3) is 2.95. The van der Waals surface area contributed by atoms with Gasteiger partial charge in [-0.25, -0.2) is 10.6 Å². The van der Waals surface area contributed by atoms with Crippen LogP contribution in [0.15, 0.2) is 11.3 Å². The summed E-state index contributed by atoms with van der Waals surface area (Å²) >= 11 is 5.10. The van der Waals surface area contributed by atoms with E-state index in [4.69, 9.17) is 22.8 Å². The molecule has 1 aliphatic heterocycles. The van der Waals surface area contributed by atoms with Crippen molar-refractivity contribution in [1.29, 1.82) is 0 Å². The van der Waals surface area contributed by atoms with Crippen molar-refractivity contribution in [2.75, 3.05) is 6.61 Å². The molecule has 17 heavy (non-hydrogen) atoms. The van der Waals surface area contributed by atoms with E-state index in [9.17, 15) is 4.79 Å². The maximum absolute atomic E-state index is 11.9.